The van der Waals surface area contributed by atoms with Crippen molar-refractivity contribution in [2.24, 2.45) is 0 Å². The molecular formula is C21H21N3OS. The van der Waals surface area contributed by atoms with E-state index in [1.807, 2.05) is 43.5 Å². The largest absolute Gasteiger partial charge is 0.464 e. The van der Waals surface area contributed by atoms with Gasteiger partial charge in [-0.15, -0.1) is 0 Å². The van der Waals surface area contributed by atoms with E-state index in [9.17, 15) is 0 Å². The SMILES string of the molecule is CCc1ccc(N2C(=S)N[C@@H](c3ccccn3)[C@@H]2c2ccc(C)o2)cc1. The summed E-state index contributed by atoms with van der Waals surface area (Å²) in [5.41, 5.74) is 3.30. The van der Waals surface area contributed by atoms with Crippen LogP contribution < -0.4 is 10.2 Å². The average molecular weight is 363 g/mol. The lowest BCUT2D eigenvalue weighted by Gasteiger charge is -2.26. The molecule has 1 aromatic carbocycles. The van der Waals surface area contributed by atoms with Crippen LogP contribution in [0.25, 0.3) is 0 Å². The molecular weight excluding hydrogens is 342 g/mol. The molecule has 1 aliphatic heterocycles. The van der Waals surface area contributed by atoms with Gasteiger partial charge in [0.2, 0.25) is 0 Å². The second kappa shape index (κ2) is 6.92. The van der Waals surface area contributed by atoms with Gasteiger partial charge in [0.25, 0.3) is 0 Å². The van der Waals surface area contributed by atoms with Crippen molar-refractivity contribution < 1.29 is 4.42 Å². The Hall–Kier alpha value is -2.66. The third-order valence-electron chi connectivity index (χ3n) is 4.77. The molecule has 5 heteroatoms. The van der Waals surface area contributed by atoms with Crippen LogP contribution in [-0.2, 0) is 6.42 Å². The molecule has 1 saturated heterocycles. The highest BCUT2D eigenvalue weighted by atomic mass is 32.1. The van der Waals surface area contributed by atoms with E-state index in [0.29, 0.717) is 5.11 Å². The molecule has 0 aliphatic carbocycles. The van der Waals surface area contributed by atoms with E-state index in [0.717, 1.165) is 29.3 Å². The minimum absolute atomic E-state index is 0.0694. The van der Waals surface area contributed by atoms with Crippen molar-refractivity contribution in [3.05, 3.63) is 83.6 Å². The van der Waals surface area contributed by atoms with Gasteiger partial charge in [0.15, 0.2) is 5.11 Å². The maximum absolute atomic E-state index is 6.00. The summed E-state index contributed by atoms with van der Waals surface area (Å²) in [5.74, 6) is 1.77. The Kier molecular flexibility index (Phi) is 4.47. The maximum Gasteiger partial charge on any atom is 0.174 e. The van der Waals surface area contributed by atoms with E-state index in [1.165, 1.54) is 5.56 Å². The Morgan fingerprint density at radius 2 is 1.92 bits per heavy atom. The van der Waals surface area contributed by atoms with Crippen molar-refractivity contribution in [1.82, 2.24) is 10.3 Å². The third kappa shape index (κ3) is 2.99. The van der Waals surface area contributed by atoms with Crippen LogP contribution in [0.3, 0.4) is 0 Å². The normalized spacial score (nSPS) is 19.6. The predicted octanol–water partition coefficient (Wildman–Crippen LogP) is 4.72. The lowest BCUT2D eigenvalue weighted by Crippen LogP contribution is -2.29. The highest BCUT2D eigenvalue weighted by Crippen LogP contribution is 2.41. The highest BCUT2D eigenvalue weighted by molar-refractivity contribution is 7.80. The molecule has 1 N–H and O–H groups in total. The van der Waals surface area contributed by atoms with E-state index in [1.54, 1.807) is 0 Å². The lowest BCUT2D eigenvalue weighted by molar-refractivity contribution is 0.418. The van der Waals surface area contributed by atoms with Crippen LogP contribution in [-0.4, -0.2) is 10.1 Å². The Balaban J connectivity index is 1.79. The summed E-state index contributed by atoms with van der Waals surface area (Å²) in [6.07, 6.45) is 2.82. The fourth-order valence-corrected chi connectivity index (χ4v) is 3.77. The number of hydrogen-bond acceptors (Lipinski definition) is 3. The quantitative estimate of drug-likeness (QED) is 0.679. The summed E-state index contributed by atoms with van der Waals surface area (Å²) in [7, 11) is 0. The fraction of sp³-hybridized carbons (Fsp3) is 0.238. The topological polar surface area (TPSA) is 41.3 Å². The molecule has 0 radical (unpaired) electrons. The van der Waals surface area contributed by atoms with E-state index in [4.69, 9.17) is 16.6 Å². The number of benzene rings is 1. The Bertz CT molecular complexity index is 905. The molecule has 4 nitrogen and oxygen atoms in total. The molecule has 1 aliphatic rings. The van der Waals surface area contributed by atoms with Gasteiger partial charge in [-0.2, -0.15) is 0 Å². The van der Waals surface area contributed by atoms with Gasteiger partial charge in [-0.25, -0.2) is 0 Å². The Morgan fingerprint density at radius 1 is 1.12 bits per heavy atom. The van der Waals surface area contributed by atoms with E-state index < -0.39 is 0 Å². The van der Waals surface area contributed by atoms with Crippen molar-refractivity contribution in [1.29, 1.82) is 0 Å². The summed E-state index contributed by atoms with van der Waals surface area (Å²) in [6, 6.07) is 18.3. The molecule has 2 aromatic heterocycles. The van der Waals surface area contributed by atoms with Crippen molar-refractivity contribution in [3.8, 4) is 0 Å². The molecule has 0 unspecified atom stereocenters. The van der Waals surface area contributed by atoms with Crippen molar-refractivity contribution in [3.63, 3.8) is 0 Å². The van der Waals surface area contributed by atoms with Gasteiger partial charge in [0.05, 0.1) is 11.7 Å². The third-order valence-corrected chi connectivity index (χ3v) is 5.09. The first-order valence-corrected chi connectivity index (χ1v) is 9.24. The van der Waals surface area contributed by atoms with Crippen molar-refractivity contribution >= 4 is 23.0 Å². The summed E-state index contributed by atoms with van der Waals surface area (Å²) in [6.45, 7) is 4.11. The summed E-state index contributed by atoms with van der Waals surface area (Å²) in [4.78, 5) is 6.67. The summed E-state index contributed by atoms with van der Waals surface area (Å²) in [5, 5.41) is 4.12. The van der Waals surface area contributed by atoms with Crippen LogP contribution in [0.5, 0.6) is 0 Å². The molecule has 3 aromatic rings. The monoisotopic (exact) mass is 363 g/mol. The number of anilines is 1. The maximum atomic E-state index is 6.00. The second-order valence-electron chi connectivity index (χ2n) is 6.47. The zero-order valence-corrected chi connectivity index (χ0v) is 15.7. The highest BCUT2D eigenvalue weighted by Gasteiger charge is 2.42. The Morgan fingerprint density at radius 3 is 2.54 bits per heavy atom. The molecule has 132 valence electrons. The number of aryl methyl sites for hydroxylation is 2. The molecule has 3 heterocycles. The van der Waals surface area contributed by atoms with Crippen LogP contribution in [0.1, 0.15) is 41.8 Å². The van der Waals surface area contributed by atoms with Crippen LogP contribution in [0.4, 0.5) is 5.69 Å². The van der Waals surface area contributed by atoms with Crippen LogP contribution >= 0.6 is 12.2 Å². The first-order chi connectivity index (χ1) is 12.7. The number of hydrogen-bond donors (Lipinski definition) is 1. The van der Waals surface area contributed by atoms with E-state index in [-0.39, 0.29) is 12.1 Å². The Labute approximate surface area is 158 Å². The van der Waals surface area contributed by atoms with E-state index >= 15 is 0 Å². The molecule has 1 fully saturated rings. The zero-order chi connectivity index (χ0) is 18.1. The molecule has 0 bridgehead atoms. The van der Waals surface area contributed by atoms with Gasteiger partial charge < -0.3 is 14.6 Å². The fourth-order valence-electron chi connectivity index (χ4n) is 3.43. The average Bonchev–Trinajstić information content (AvgIpc) is 3.25. The number of nitrogens with one attached hydrogen (secondary N) is 1. The van der Waals surface area contributed by atoms with Gasteiger partial charge >= 0.3 is 0 Å². The van der Waals surface area contributed by atoms with Crippen molar-refractivity contribution in [2.45, 2.75) is 32.4 Å². The van der Waals surface area contributed by atoms with Gasteiger partial charge in [0.1, 0.15) is 17.6 Å². The molecule has 26 heavy (non-hydrogen) atoms. The molecule has 0 saturated carbocycles. The minimum Gasteiger partial charge on any atom is -0.464 e. The number of rotatable bonds is 4. The molecule has 2 atom stereocenters. The number of nitrogens with zero attached hydrogens (tertiary/aromatic N) is 2. The smallest absolute Gasteiger partial charge is 0.174 e. The van der Waals surface area contributed by atoms with Crippen LogP contribution in [0, 0.1) is 6.92 Å². The second-order valence-corrected chi connectivity index (χ2v) is 6.85. The van der Waals surface area contributed by atoms with Gasteiger partial charge in [0, 0.05) is 11.9 Å². The first kappa shape index (κ1) is 16.8. The standard InChI is InChI=1S/C21H21N3OS/c1-3-15-8-10-16(11-9-15)24-20(18-12-7-14(2)25-18)19(23-21(24)26)17-6-4-5-13-22-17/h4-13,19-20H,3H2,1-2H3,(H,23,26)/t19-,20-/m0/s1. The number of pyridine rings is 1. The van der Waals surface area contributed by atoms with Gasteiger partial charge in [-0.3, -0.25) is 4.98 Å². The summed E-state index contributed by atoms with van der Waals surface area (Å²) < 4.78 is 6.00. The van der Waals surface area contributed by atoms with Gasteiger partial charge in [-0.05, 0) is 67.5 Å². The number of aromatic nitrogens is 1. The van der Waals surface area contributed by atoms with Crippen LogP contribution in [0.2, 0.25) is 0 Å². The molecule has 0 amide bonds. The summed E-state index contributed by atoms with van der Waals surface area (Å²) >= 11 is 5.69. The van der Waals surface area contributed by atoms with Crippen LogP contribution in [0.15, 0.2) is 65.2 Å². The molecule has 4 rings (SSSR count). The zero-order valence-electron chi connectivity index (χ0n) is 14.8. The number of thiocarbonyl (C=S) groups is 1. The lowest BCUT2D eigenvalue weighted by atomic mass is 10.0. The van der Waals surface area contributed by atoms with Crippen molar-refractivity contribution in [2.75, 3.05) is 4.90 Å². The predicted molar refractivity (Wildman–Crippen MR) is 107 cm³/mol. The van der Waals surface area contributed by atoms with Gasteiger partial charge in [-0.1, -0.05) is 25.1 Å². The number of furan rings is 1. The van der Waals surface area contributed by atoms with E-state index in [2.05, 4.69) is 46.4 Å². The molecule has 0 spiro atoms. The first-order valence-electron chi connectivity index (χ1n) is 8.83. The minimum atomic E-state index is -0.0847.